The average molecular weight is 564 g/mol. The van der Waals surface area contributed by atoms with Crippen LogP contribution in [0.25, 0.3) is 0 Å². The van der Waals surface area contributed by atoms with Crippen LogP contribution < -0.4 is 25.0 Å². The Labute approximate surface area is 235 Å². The number of carbonyl (C=O) groups excluding carboxylic acids is 4. The van der Waals surface area contributed by atoms with E-state index in [0.717, 1.165) is 10.5 Å². The van der Waals surface area contributed by atoms with Gasteiger partial charge in [0.25, 0.3) is 17.7 Å². The van der Waals surface area contributed by atoms with Crippen molar-refractivity contribution in [3.63, 3.8) is 0 Å². The fourth-order valence-corrected chi connectivity index (χ4v) is 4.26. The average Bonchev–Trinajstić information content (AvgIpc) is 3.19. The van der Waals surface area contributed by atoms with E-state index in [2.05, 4.69) is 10.6 Å². The van der Waals surface area contributed by atoms with Crippen molar-refractivity contribution < 1.29 is 33.4 Å². The lowest BCUT2D eigenvalue weighted by Gasteiger charge is -2.16. The van der Waals surface area contributed by atoms with E-state index >= 15 is 0 Å². The predicted octanol–water partition coefficient (Wildman–Crippen LogP) is 3.90. The molecule has 0 bridgehead atoms. The third-order valence-electron chi connectivity index (χ3n) is 6.12. The van der Waals surface area contributed by atoms with E-state index in [4.69, 9.17) is 25.8 Å². The number of esters is 1. The molecule has 0 atom stereocenters. The Balaban J connectivity index is 1.38. The fourth-order valence-electron chi connectivity index (χ4n) is 4.04. The molecule has 4 rings (SSSR count). The predicted molar refractivity (Wildman–Crippen MR) is 149 cm³/mol. The number of ether oxygens (including phenoxy) is 3. The van der Waals surface area contributed by atoms with Gasteiger partial charge in [0.2, 0.25) is 0 Å². The first kappa shape index (κ1) is 28.2. The molecule has 1 aliphatic heterocycles. The summed E-state index contributed by atoms with van der Waals surface area (Å²) in [6, 6.07) is 17.8. The number of imide groups is 1. The number of hydrogen-bond donors (Lipinski definition) is 2. The van der Waals surface area contributed by atoms with Gasteiger partial charge < -0.3 is 24.8 Å². The maximum absolute atomic E-state index is 13.1. The van der Waals surface area contributed by atoms with Crippen molar-refractivity contribution in [2.45, 2.75) is 6.42 Å². The molecule has 0 unspecified atom stereocenters. The third kappa shape index (κ3) is 5.92. The van der Waals surface area contributed by atoms with Crippen LogP contribution in [0.15, 0.2) is 77.5 Å². The molecule has 1 heterocycles. The van der Waals surface area contributed by atoms with Crippen LogP contribution in [0.5, 0.6) is 11.5 Å². The number of rotatable bonds is 10. The summed E-state index contributed by atoms with van der Waals surface area (Å²) < 4.78 is 15.2. The first-order valence-electron chi connectivity index (χ1n) is 12.1. The summed E-state index contributed by atoms with van der Waals surface area (Å²) in [6.07, 6.45) is 0.591. The number of anilines is 2. The standard InChI is InChI=1S/C29H26ClN3O7/c1-38-22-12-7-17(15-23(22)39-2)13-14-31-26(34)18-8-10-20(11-9-18)32-25-24(30)27(35)33(28(25)36)21-6-4-5-19(16-21)29(37)40-3/h4-12,15-16,32H,13-14H2,1-3H3,(H,31,34). The Morgan fingerprint density at radius 3 is 2.25 bits per heavy atom. The Hall–Kier alpha value is -4.83. The zero-order chi connectivity index (χ0) is 28.8. The number of benzene rings is 3. The quantitative estimate of drug-likeness (QED) is 0.281. The highest BCUT2D eigenvalue weighted by molar-refractivity contribution is 6.53. The van der Waals surface area contributed by atoms with Gasteiger partial charge in [0.15, 0.2) is 11.5 Å². The molecular weight excluding hydrogens is 538 g/mol. The van der Waals surface area contributed by atoms with E-state index < -0.39 is 17.8 Å². The van der Waals surface area contributed by atoms with Crippen molar-refractivity contribution in [3.05, 3.63) is 94.1 Å². The molecule has 0 radical (unpaired) electrons. The Morgan fingerprint density at radius 2 is 1.57 bits per heavy atom. The molecule has 0 fully saturated rings. The Bertz CT molecular complexity index is 1500. The summed E-state index contributed by atoms with van der Waals surface area (Å²) in [4.78, 5) is 51.2. The van der Waals surface area contributed by atoms with Gasteiger partial charge >= 0.3 is 5.97 Å². The van der Waals surface area contributed by atoms with Crippen molar-refractivity contribution in [2.75, 3.05) is 38.1 Å². The maximum Gasteiger partial charge on any atom is 0.337 e. The lowest BCUT2D eigenvalue weighted by molar-refractivity contribution is -0.120. The van der Waals surface area contributed by atoms with Gasteiger partial charge in [0.1, 0.15) is 10.7 Å². The number of halogens is 1. The molecule has 2 N–H and O–H groups in total. The number of nitrogens with zero attached hydrogens (tertiary/aromatic N) is 1. The van der Waals surface area contributed by atoms with Crippen molar-refractivity contribution >= 4 is 46.7 Å². The summed E-state index contributed by atoms with van der Waals surface area (Å²) in [5.41, 5.74) is 2.06. The molecule has 206 valence electrons. The lowest BCUT2D eigenvalue weighted by Crippen LogP contribution is -2.32. The third-order valence-corrected chi connectivity index (χ3v) is 6.47. The van der Waals surface area contributed by atoms with Crippen LogP contribution in [-0.4, -0.2) is 51.6 Å². The van der Waals surface area contributed by atoms with E-state index in [1.165, 1.54) is 31.4 Å². The van der Waals surface area contributed by atoms with Crippen LogP contribution in [0.4, 0.5) is 11.4 Å². The second kappa shape index (κ2) is 12.4. The molecule has 0 saturated heterocycles. The molecule has 0 spiro atoms. The van der Waals surface area contributed by atoms with Crippen LogP contribution in [-0.2, 0) is 20.7 Å². The molecule has 0 saturated carbocycles. The van der Waals surface area contributed by atoms with Crippen LogP contribution in [0, 0.1) is 0 Å². The van der Waals surface area contributed by atoms with Crippen LogP contribution in [0.2, 0.25) is 0 Å². The molecule has 3 aromatic carbocycles. The second-order valence-electron chi connectivity index (χ2n) is 8.57. The van der Waals surface area contributed by atoms with Gasteiger partial charge in [-0.15, -0.1) is 0 Å². The van der Waals surface area contributed by atoms with Gasteiger partial charge in [-0.3, -0.25) is 14.4 Å². The molecule has 40 heavy (non-hydrogen) atoms. The summed E-state index contributed by atoms with van der Waals surface area (Å²) in [5, 5.41) is 5.43. The normalized spacial score (nSPS) is 12.8. The van der Waals surface area contributed by atoms with Crippen molar-refractivity contribution in [2.24, 2.45) is 0 Å². The van der Waals surface area contributed by atoms with Gasteiger partial charge in [-0.2, -0.15) is 0 Å². The minimum atomic E-state index is -0.735. The monoisotopic (exact) mass is 563 g/mol. The Kier molecular flexibility index (Phi) is 8.70. The highest BCUT2D eigenvalue weighted by atomic mass is 35.5. The minimum absolute atomic E-state index is 0.123. The van der Waals surface area contributed by atoms with E-state index in [1.807, 2.05) is 18.2 Å². The largest absolute Gasteiger partial charge is 0.493 e. The van der Waals surface area contributed by atoms with Crippen molar-refractivity contribution in [1.82, 2.24) is 5.32 Å². The van der Waals surface area contributed by atoms with Crippen molar-refractivity contribution in [1.29, 1.82) is 0 Å². The number of amides is 3. The van der Waals surface area contributed by atoms with E-state index in [9.17, 15) is 19.2 Å². The molecule has 0 aromatic heterocycles. The molecule has 1 aliphatic rings. The number of carbonyl (C=O) groups is 4. The molecule has 11 heteroatoms. The highest BCUT2D eigenvalue weighted by Gasteiger charge is 2.39. The molecular formula is C29H26ClN3O7. The number of nitrogens with one attached hydrogen (secondary N) is 2. The highest BCUT2D eigenvalue weighted by Crippen LogP contribution is 2.31. The van der Waals surface area contributed by atoms with Gasteiger partial charge in [0.05, 0.1) is 32.6 Å². The van der Waals surface area contributed by atoms with Crippen LogP contribution >= 0.6 is 11.6 Å². The van der Waals surface area contributed by atoms with Gasteiger partial charge in [-0.05, 0) is 66.6 Å². The first-order chi connectivity index (χ1) is 19.3. The molecule has 3 aromatic rings. The van der Waals surface area contributed by atoms with Gasteiger partial charge in [0, 0.05) is 17.8 Å². The maximum atomic E-state index is 13.1. The van der Waals surface area contributed by atoms with Gasteiger partial charge in [-0.25, -0.2) is 9.69 Å². The smallest absolute Gasteiger partial charge is 0.337 e. The number of hydrogen-bond acceptors (Lipinski definition) is 8. The molecule has 3 amide bonds. The first-order valence-corrected chi connectivity index (χ1v) is 12.5. The number of methoxy groups -OCH3 is 3. The fraction of sp³-hybridized carbons (Fsp3) is 0.172. The lowest BCUT2D eigenvalue weighted by atomic mass is 10.1. The Morgan fingerprint density at radius 1 is 0.850 bits per heavy atom. The molecule has 10 nitrogen and oxygen atoms in total. The van der Waals surface area contributed by atoms with Gasteiger partial charge in [-0.1, -0.05) is 23.7 Å². The summed E-state index contributed by atoms with van der Waals surface area (Å²) in [5.74, 6) is -1.05. The SMILES string of the molecule is COC(=O)c1cccc(N2C(=O)C(Cl)=C(Nc3ccc(C(=O)NCCc4ccc(OC)c(OC)c4)cc3)C2=O)c1. The van der Waals surface area contributed by atoms with E-state index in [1.54, 1.807) is 38.5 Å². The summed E-state index contributed by atoms with van der Waals surface area (Å²) in [7, 11) is 4.36. The second-order valence-corrected chi connectivity index (χ2v) is 8.95. The zero-order valence-electron chi connectivity index (χ0n) is 21.9. The summed E-state index contributed by atoms with van der Waals surface area (Å²) >= 11 is 6.21. The molecule has 0 aliphatic carbocycles. The van der Waals surface area contributed by atoms with Crippen LogP contribution in [0.1, 0.15) is 26.3 Å². The topological polar surface area (TPSA) is 123 Å². The minimum Gasteiger partial charge on any atom is -0.493 e. The van der Waals surface area contributed by atoms with E-state index in [-0.39, 0.29) is 27.9 Å². The summed E-state index contributed by atoms with van der Waals surface area (Å²) in [6.45, 7) is 0.403. The van der Waals surface area contributed by atoms with Crippen molar-refractivity contribution in [3.8, 4) is 11.5 Å². The van der Waals surface area contributed by atoms with Crippen LogP contribution in [0.3, 0.4) is 0 Å². The van der Waals surface area contributed by atoms with E-state index in [0.29, 0.717) is 35.7 Å². The zero-order valence-corrected chi connectivity index (χ0v) is 22.7.